The molecule has 3 nitrogen and oxygen atoms in total. The number of nitrogens with one attached hydrogen (secondary N) is 1. The van der Waals surface area contributed by atoms with Crippen LogP contribution in [0.2, 0.25) is 0 Å². The quantitative estimate of drug-likeness (QED) is 0.571. The largest absolute Gasteiger partial charge is 0.435 e. The van der Waals surface area contributed by atoms with Gasteiger partial charge in [0.15, 0.2) is 0 Å². The monoisotopic (exact) mass is 359 g/mol. The summed E-state index contributed by atoms with van der Waals surface area (Å²) in [5.74, 6) is -3.00. The van der Waals surface area contributed by atoms with Gasteiger partial charge in [0, 0.05) is 4.90 Å². The van der Waals surface area contributed by atoms with E-state index in [9.17, 15) is 22.4 Å². The smallest absolute Gasteiger partial charge is 0.387 e. The van der Waals surface area contributed by atoms with Gasteiger partial charge in [-0.3, -0.25) is 4.79 Å². The first-order valence-corrected chi connectivity index (χ1v) is 7.69. The average molecular weight is 359 g/mol. The number of alkyl halides is 4. The van der Waals surface area contributed by atoms with Crippen LogP contribution in [-0.2, 0) is 11.2 Å². The Morgan fingerprint density at radius 2 is 1.71 bits per heavy atom. The number of thioether (sulfide) groups is 1. The van der Waals surface area contributed by atoms with Crippen molar-refractivity contribution in [2.24, 2.45) is 0 Å². The number of halogens is 4. The standard InChI is InChI=1S/C16H13F4NO2S/c17-15(18)23-11-7-5-10(6-8-11)9-14(22)21-12-3-1-2-4-13(12)24-16(19)20/h1-8,15-16H,9H2,(H,21,22). The molecule has 0 aromatic heterocycles. The van der Waals surface area contributed by atoms with Gasteiger partial charge < -0.3 is 10.1 Å². The summed E-state index contributed by atoms with van der Waals surface area (Å²) >= 11 is 0.345. The Bertz CT molecular complexity index is 680. The molecule has 0 saturated heterocycles. The number of hydrogen-bond acceptors (Lipinski definition) is 3. The van der Waals surface area contributed by atoms with Crippen LogP contribution in [-0.4, -0.2) is 18.3 Å². The minimum atomic E-state index is -2.91. The van der Waals surface area contributed by atoms with Crippen LogP contribution in [0, 0.1) is 0 Å². The average Bonchev–Trinajstić information content (AvgIpc) is 2.50. The minimum Gasteiger partial charge on any atom is -0.435 e. The number of amides is 1. The van der Waals surface area contributed by atoms with E-state index in [1.54, 1.807) is 12.1 Å². The predicted octanol–water partition coefficient (Wildman–Crippen LogP) is 4.78. The highest BCUT2D eigenvalue weighted by Crippen LogP contribution is 2.31. The van der Waals surface area contributed by atoms with Gasteiger partial charge in [-0.05, 0) is 29.8 Å². The highest BCUT2D eigenvalue weighted by atomic mass is 32.2. The Morgan fingerprint density at radius 1 is 1.04 bits per heavy atom. The van der Waals surface area contributed by atoms with Crippen molar-refractivity contribution in [1.82, 2.24) is 0 Å². The summed E-state index contributed by atoms with van der Waals surface area (Å²) in [5.41, 5.74) is 0.874. The summed E-state index contributed by atoms with van der Waals surface area (Å²) in [7, 11) is 0. The van der Waals surface area contributed by atoms with Crippen LogP contribution < -0.4 is 10.1 Å². The highest BCUT2D eigenvalue weighted by molar-refractivity contribution is 7.99. The fourth-order valence-electron chi connectivity index (χ4n) is 1.94. The summed E-state index contributed by atoms with van der Waals surface area (Å²) < 4.78 is 53.3. The molecule has 0 aliphatic carbocycles. The second-order valence-electron chi connectivity index (χ2n) is 4.62. The van der Waals surface area contributed by atoms with Crippen LogP contribution in [0.3, 0.4) is 0 Å². The van der Waals surface area contributed by atoms with Crippen LogP contribution >= 0.6 is 11.8 Å². The number of rotatable bonds is 7. The van der Waals surface area contributed by atoms with Gasteiger partial charge in [0.2, 0.25) is 5.91 Å². The Hall–Kier alpha value is -2.22. The zero-order valence-corrected chi connectivity index (χ0v) is 13.0. The fourth-order valence-corrected chi connectivity index (χ4v) is 2.53. The molecule has 24 heavy (non-hydrogen) atoms. The van der Waals surface area contributed by atoms with Crippen molar-refractivity contribution >= 4 is 23.4 Å². The lowest BCUT2D eigenvalue weighted by Gasteiger charge is -2.10. The van der Waals surface area contributed by atoms with E-state index in [0.29, 0.717) is 23.0 Å². The topological polar surface area (TPSA) is 38.3 Å². The predicted molar refractivity (Wildman–Crippen MR) is 83.7 cm³/mol. The van der Waals surface area contributed by atoms with E-state index in [1.807, 2.05) is 0 Å². The number of ether oxygens (including phenoxy) is 1. The van der Waals surface area contributed by atoms with Crippen LogP contribution in [0.5, 0.6) is 5.75 Å². The first kappa shape index (κ1) is 18.1. The molecule has 8 heteroatoms. The molecule has 0 aliphatic heterocycles. The summed E-state index contributed by atoms with van der Waals surface area (Å²) in [6.07, 6.45) is -0.0252. The lowest BCUT2D eigenvalue weighted by molar-refractivity contribution is -0.115. The summed E-state index contributed by atoms with van der Waals surface area (Å²) in [6.45, 7) is -2.91. The summed E-state index contributed by atoms with van der Waals surface area (Å²) in [6, 6.07) is 11.9. The van der Waals surface area contributed by atoms with Crippen LogP contribution in [0.4, 0.5) is 23.2 Å². The van der Waals surface area contributed by atoms with Crippen molar-refractivity contribution in [3.63, 3.8) is 0 Å². The number of hydrogen-bond donors (Lipinski definition) is 1. The van der Waals surface area contributed by atoms with Crippen LogP contribution in [0.15, 0.2) is 53.4 Å². The van der Waals surface area contributed by atoms with Gasteiger partial charge in [-0.1, -0.05) is 36.0 Å². The number of carbonyl (C=O) groups excluding carboxylic acids is 1. The van der Waals surface area contributed by atoms with Crippen LogP contribution in [0.25, 0.3) is 0 Å². The van der Waals surface area contributed by atoms with Crippen molar-refractivity contribution < 1.29 is 27.1 Å². The van der Waals surface area contributed by atoms with E-state index in [4.69, 9.17) is 0 Å². The molecule has 0 aliphatic rings. The van der Waals surface area contributed by atoms with Crippen molar-refractivity contribution in [2.75, 3.05) is 5.32 Å². The molecule has 0 fully saturated rings. The van der Waals surface area contributed by atoms with Gasteiger partial charge in [0.05, 0.1) is 12.1 Å². The third-order valence-corrected chi connectivity index (χ3v) is 3.68. The second-order valence-corrected chi connectivity index (χ2v) is 5.65. The van der Waals surface area contributed by atoms with Gasteiger partial charge >= 0.3 is 6.61 Å². The van der Waals surface area contributed by atoms with Crippen molar-refractivity contribution in [3.05, 3.63) is 54.1 Å². The third-order valence-electron chi connectivity index (χ3n) is 2.89. The molecule has 1 N–H and O–H groups in total. The van der Waals surface area contributed by atoms with E-state index in [-0.39, 0.29) is 17.1 Å². The molecule has 2 aromatic rings. The Kier molecular flexibility index (Phi) is 6.48. The van der Waals surface area contributed by atoms with Gasteiger partial charge in [0.25, 0.3) is 5.76 Å². The first-order chi connectivity index (χ1) is 11.4. The fraction of sp³-hybridized carbons (Fsp3) is 0.188. The van der Waals surface area contributed by atoms with Crippen molar-refractivity contribution in [2.45, 2.75) is 23.7 Å². The molecule has 0 atom stereocenters. The molecule has 0 heterocycles. The number of benzene rings is 2. The molecule has 1 amide bonds. The van der Waals surface area contributed by atoms with Gasteiger partial charge in [-0.25, -0.2) is 0 Å². The van der Waals surface area contributed by atoms with E-state index in [2.05, 4.69) is 10.1 Å². The lowest BCUT2D eigenvalue weighted by atomic mass is 10.1. The van der Waals surface area contributed by atoms with Crippen LogP contribution in [0.1, 0.15) is 5.56 Å². The highest BCUT2D eigenvalue weighted by Gasteiger charge is 2.12. The Balaban J connectivity index is 1.98. The van der Waals surface area contributed by atoms with Gasteiger partial charge in [0.1, 0.15) is 5.75 Å². The Morgan fingerprint density at radius 3 is 2.33 bits per heavy atom. The molecule has 0 bridgehead atoms. The lowest BCUT2D eigenvalue weighted by Crippen LogP contribution is -2.15. The third kappa shape index (κ3) is 5.77. The maximum atomic E-state index is 12.5. The van der Waals surface area contributed by atoms with E-state index < -0.39 is 18.3 Å². The van der Waals surface area contributed by atoms with Gasteiger partial charge in [-0.2, -0.15) is 17.6 Å². The molecule has 0 radical (unpaired) electrons. The summed E-state index contributed by atoms with van der Waals surface area (Å²) in [5, 5.41) is 2.57. The molecule has 0 spiro atoms. The maximum absolute atomic E-state index is 12.5. The SMILES string of the molecule is O=C(Cc1ccc(OC(F)F)cc1)Nc1ccccc1SC(F)F. The minimum absolute atomic E-state index is 0.00663. The van der Waals surface area contributed by atoms with Crippen molar-refractivity contribution in [3.8, 4) is 5.75 Å². The molecule has 2 aromatic carbocycles. The molecule has 2 rings (SSSR count). The van der Waals surface area contributed by atoms with E-state index in [0.717, 1.165) is 0 Å². The van der Waals surface area contributed by atoms with E-state index >= 15 is 0 Å². The number of carbonyl (C=O) groups is 1. The normalized spacial score (nSPS) is 10.9. The zero-order valence-electron chi connectivity index (χ0n) is 12.2. The van der Waals surface area contributed by atoms with E-state index in [1.165, 1.54) is 36.4 Å². The molecule has 128 valence electrons. The first-order valence-electron chi connectivity index (χ1n) is 6.81. The molecule has 0 saturated carbocycles. The molecular weight excluding hydrogens is 346 g/mol. The maximum Gasteiger partial charge on any atom is 0.387 e. The second kappa shape index (κ2) is 8.58. The summed E-state index contributed by atoms with van der Waals surface area (Å²) in [4.78, 5) is 12.3. The number of anilines is 1. The molecular formula is C16H13F4NO2S. The zero-order chi connectivity index (χ0) is 17.5. The Labute approximate surface area is 140 Å². The van der Waals surface area contributed by atoms with Crippen molar-refractivity contribution in [1.29, 1.82) is 0 Å². The molecule has 0 unspecified atom stereocenters. The van der Waals surface area contributed by atoms with Gasteiger partial charge in [-0.15, -0.1) is 0 Å². The number of para-hydroxylation sites is 1.